The average Bonchev–Trinajstić information content (AvgIpc) is 3.13. The average molecular weight is 340 g/mol. The van der Waals surface area contributed by atoms with Crippen molar-refractivity contribution in [2.45, 2.75) is 50.2 Å². The zero-order chi connectivity index (χ0) is 15.9. The molecule has 0 saturated heterocycles. The summed E-state index contributed by atoms with van der Waals surface area (Å²) in [7, 11) is 0. The Balaban J connectivity index is 1.92. The van der Waals surface area contributed by atoms with Crippen molar-refractivity contribution in [1.82, 2.24) is 20.1 Å². The van der Waals surface area contributed by atoms with Gasteiger partial charge in [-0.25, -0.2) is 9.89 Å². The van der Waals surface area contributed by atoms with Crippen molar-refractivity contribution in [2.75, 3.05) is 0 Å². The number of nitrogens with one attached hydrogen (secondary N) is 2. The van der Waals surface area contributed by atoms with Crippen molar-refractivity contribution in [2.24, 2.45) is 0 Å². The minimum atomic E-state index is -0.310. The Kier molecular flexibility index (Phi) is 6.26. The molecule has 22 heavy (non-hydrogen) atoms. The minimum absolute atomic E-state index is 0.0594. The summed E-state index contributed by atoms with van der Waals surface area (Å²) in [4.78, 5) is 24.9. The first kappa shape index (κ1) is 16.8. The molecule has 0 aliphatic rings. The second kappa shape index (κ2) is 8.19. The zero-order valence-corrected chi connectivity index (χ0v) is 14.3. The summed E-state index contributed by atoms with van der Waals surface area (Å²) < 4.78 is 1.59. The Morgan fingerprint density at radius 2 is 2.41 bits per heavy atom. The fraction of sp³-hybridized carbons (Fsp3) is 0.500. The van der Waals surface area contributed by atoms with E-state index in [1.807, 2.05) is 24.4 Å². The van der Waals surface area contributed by atoms with Crippen molar-refractivity contribution >= 4 is 29.0 Å². The van der Waals surface area contributed by atoms with Gasteiger partial charge in [0.05, 0.1) is 11.8 Å². The van der Waals surface area contributed by atoms with Gasteiger partial charge in [0.25, 0.3) is 0 Å². The lowest BCUT2D eigenvalue weighted by atomic mass is 10.3. The maximum Gasteiger partial charge on any atom is 0.343 e. The van der Waals surface area contributed by atoms with Gasteiger partial charge in [0.15, 0.2) is 5.16 Å². The fourth-order valence-corrected chi connectivity index (χ4v) is 3.40. The molecule has 2 aromatic heterocycles. The van der Waals surface area contributed by atoms with Crippen LogP contribution in [-0.4, -0.2) is 25.9 Å². The highest BCUT2D eigenvalue weighted by molar-refractivity contribution is 8.00. The normalized spacial score (nSPS) is 12.3. The molecule has 8 heteroatoms. The molecular formula is C14H20N4O2S2. The van der Waals surface area contributed by atoms with Crippen molar-refractivity contribution in [3.63, 3.8) is 0 Å². The van der Waals surface area contributed by atoms with Gasteiger partial charge in [-0.3, -0.25) is 9.36 Å². The number of rotatable bonds is 8. The molecule has 2 N–H and O–H groups in total. The molecule has 6 nitrogen and oxygen atoms in total. The van der Waals surface area contributed by atoms with E-state index in [2.05, 4.69) is 22.4 Å². The lowest BCUT2D eigenvalue weighted by molar-refractivity contribution is -0.120. The summed E-state index contributed by atoms with van der Waals surface area (Å²) in [6.07, 6.45) is 1.91. The first-order valence-corrected chi connectivity index (χ1v) is 8.99. The third-order valence-electron chi connectivity index (χ3n) is 3.13. The lowest BCUT2D eigenvalue weighted by Gasteiger charge is -2.11. The summed E-state index contributed by atoms with van der Waals surface area (Å²) in [6, 6.07) is 3.94. The van der Waals surface area contributed by atoms with Crippen molar-refractivity contribution < 1.29 is 4.79 Å². The Hall–Kier alpha value is -1.54. The quantitative estimate of drug-likeness (QED) is 0.722. The van der Waals surface area contributed by atoms with E-state index in [0.29, 0.717) is 18.2 Å². The van der Waals surface area contributed by atoms with E-state index in [4.69, 9.17) is 0 Å². The van der Waals surface area contributed by atoms with Crippen LogP contribution >= 0.6 is 23.1 Å². The van der Waals surface area contributed by atoms with Crippen LogP contribution in [0.2, 0.25) is 0 Å². The molecule has 0 unspecified atom stereocenters. The Morgan fingerprint density at radius 1 is 1.59 bits per heavy atom. The summed E-state index contributed by atoms with van der Waals surface area (Å²) >= 11 is 2.91. The number of hydrogen-bond acceptors (Lipinski definition) is 5. The van der Waals surface area contributed by atoms with Gasteiger partial charge in [0.1, 0.15) is 0 Å². The molecule has 2 heterocycles. The Bertz CT molecular complexity index is 648. The highest BCUT2D eigenvalue weighted by atomic mass is 32.2. The van der Waals surface area contributed by atoms with Gasteiger partial charge in [0.2, 0.25) is 5.91 Å². The molecule has 0 radical (unpaired) electrons. The van der Waals surface area contributed by atoms with Gasteiger partial charge in [-0.2, -0.15) is 0 Å². The SMILES string of the molecule is CCCCn1c(S[C@@H](C)C(=O)NCc2cccs2)n[nH]c1=O. The molecule has 0 aromatic carbocycles. The number of H-pyrrole nitrogens is 1. The zero-order valence-electron chi connectivity index (χ0n) is 12.7. The summed E-state index contributed by atoms with van der Waals surface area (Å²) in [6.45, 7) is 5.04. The molecule has 0 spiro atoms. The van der Waals surface area contributed by atoms with E-state index in [-0.39, 0.29) is 16.8 Å². The molecule has 2 rings (SSSR count). The smallest absolute Gasteiger partial charge is 0.343 e. The summed E-state index contributed by atoms with van der Waals surface area (Å²) in [5, 5.41) is 11.6. The molecule has 1 amide bonds. The van der Waals surface area contributed by atoms with Gasteiger partial charge >= 0.3 is 5.69 Å². The number of unbranched alkanes of at least 4 members (excludes halogenated alkanes) is 1. The number of nitrogens with zero attached hydrogens (tertiary/aromatic N) is 2. The molecule has 0 aliphatic carbocycles. The third kappa shape index (κ3) is 4.48. The van der Waals surface area contributed by atoms with E-state index in [0.717, 1.165) is 17.7 Å². The van der Waals surface area contributed by atoms with Gasteiger partial charge in [0, 0.05) is 11.4 Å². The van der Waals surface area contributed by atoms with Crippen LogP contribution in [0.1, 0.15) is 31.6 Å². The highest BCUT2D eigenvalue weighted by Crippen LogP contribution is 2.20. The molecule has 0 bridgehead atoms. The second-order valence-corrected chi connectivity index (χ2v) is 7.21. The van der Waals surface area contributed by atoms with Crippen LogP contribution in [0.15, 0.2) is 27.5 Å². The fourth-order valence-electron chi connectivity index (χ4n) is 1.85. The third-order valence-corrected chi connectivity index (χ3v) is 5.09. The van der Waals surface area contributed by atoms with Gasteiger partial charge in [-0.05, 0) is 24.8 Å². The molecule has 0 saturated carbocycles. The molecule has 2 aromatic rings. The molecule has 0 aliphatic heterocycles. The molecule has 120 valence electrons. The number of aromatic amines is 1. The number of thioether (sulfide) groups is 1. The highest BCUT2D eigenvalue weighted by Gasteiger charge is 2.18. The van der Waals surface area contributed by atoms with Gasteiger partial charge in [-0.1, -0.05) is 31.2 Å². The number of thiophene rings is 1. The number of carbonyl (C=O) groups excluding carboxylic acids is 1. The van der Waals surface area contributed by atoms with Crippen molar-refractivity contribution in [3.8, 4) is 0 Å². The molecule has 0 fully saturated rings. The number of amides is 1. The van der Waals surface area contributed by atoms with E-state index in [9.17, 15) is 9.59 Å². The molecular weight excluding hydrogens is 320 g/mol. The standard InChI is InChI=1S/C14H20N4O2S2/c1-3-4-7-18-13(20)16-17-14(18)22-10(2)12(19)15-9-11-6-5-8-21-11/h5-6,8,10H,3-4,7,9H2,1-2H3,(H,15,19)(H,16,20)/t10-/m0/s1. The number of aromatic nitrogens is 3. The maximum atomic E-state index is 12.1. The van der Waals surface area contributed by atoms with Crippen LogP contribution in [0.25, 0.3) is 0 Å². The van der Waals surface area contributed by atoms with E-state index < -0.39 is 0 Å². The van der Waals surface area contributed by atoms with E-state index >= 15 is 0 Å². The number of carbonyl (C=O) groups is 1. The van der Waals surface area contributed by atoms with Gasteiger partial charge < -0.3 is 5.32 Å². The van der Waals surface area contributed by atoms with E-state index in [1.165, 1.54) is 11.8 Å². The summed E-state index contributed by atoms with van der Waals surface area (Å²) in [5.74, 6) is -0.0594. The predicted molar refractivity (Wildman–Crippen MR) is 89.2 cm³/mol. The maximum absolute atomic E-state index is 12.1. The minimum Gasteiger partial charge on any atom is -0.350 e. The van der Waals surface area contributed by atoms with Crippen molar-refractivity contribution in [3.05, 3.63) is 32.9 Å². The van der Waals surface area contributed by atoms with Crippen LogP contribution in [0.5, 0.6) is 0 Å². The first-order chi connectivity index (χ1) is 10.6. The topological polar surface area (TPSA) is 79.8 Å². The molecule has 1 atom stereocenters. The van der Waals surface area contributed by atoms with Gasteiger partial charge in [-0.15, -0.1) is 16.4 Å². The largest absolute Gasteiger partial charge is 0.350 e. The second-order valence-electron chi connectivity index (χ2n) is 4.87. The monoisotopic (exact) mass is 340 g/mol. The first-order valence-electron chi connectivity index (χ1n) is 7.23. The van der Waals surface area contributed by atoms with Crippen LogP contribution in [-0.2, 0) is 17.9 Å². The summed E-state index contributed by atoms with van der Waals surface area (Å²) in [5.41, 5.74) is -0.220. The van der Waals surface area contributed by atoms with Crippen LogP contribution in [0.4, 0.5) is 0 Å². The predicted octanol–water partition coefficient (Wildman–Crippen LogP) is 2.23. The van der Waals surface area contributed by atoms with Crippen LogP contribution < -0.4 is 11.0 Å². The van der Waals surface area contributed by atoms with Crippen LogP contribution in [0, 0.1) is 0 Å². The Labute approximate surface area is 137 Å². The lowest BCUT2D eigenvalue weighted by Crippen LogP contribution is -2.30. The number of hydrogen-bond donors (Lipinski definition) is 2. The van der Waals surface area contributed by atoms with Crippen molar-refractivity contribution in [1.29, 1.82) is 0 Å². The van der Waals surface area contributed by atoms with Crippen LogP contribution in [0.3, 0.4) is 0 Å². The Morgan fingerprint density at radius 3 is 3.09 bits per heavy atom. The van der Waals surface area contributed by atoms with E-state index in [1.54, 1.807) is 15.9 Å².